The van der Waals surface area contributed by atoms with E-state index >= 15 is 0 Å². The van der Waals surface area contributed by atoms with Gasteiger partial charge in [-0.15, -0.1) is 0 Å². The third-order valence-electron chi connectivity index (χ3n) is 3.25. The molecule has 0 bridgehead atoms. The number of rotatable bonds is 1. The molecule has 0 aromatic heterocycles. The summed E-state index contributed by atoms with van der Waals surface area (Å²) < 4.78 is 0.783. The van der Waals surface area contributed by atoms with Crippen LogP contribution < -0.4 is 5.73 Å². The molecule has 0 saturated heterocycles. The highest BCUT2D eigenvalue weighted by Gasteiger charge is 2.56. The Balaban J connectivity index is 2.40. The van der Waals surface area contributed by atoms with Gasteiger partial charge in [0.05, 0.1) is 4.47 Å². The normalized spacial score (nSPS) is 28.9. The fourth-order valence-electron chi connectivity index (χ4n) is 2.05. The van der Waals surface area contributed by atoms with Gasteiger partial charge in [-0.25, -0.2) is 0 Å². The third kappa shape index (κ3) is 1.27. The van der Waals surface area contributed by atoms with Crippen LogP contribution in [-0.2, 0) is 0 Å². The summed E-state index contributed by atoms with van der Waals surface area (Å²) in [7, 11) is 0. The van der Waals surface area contributed by atoms with E-state index in [0.29, 0.717) is 5.92 Å². The summed E-state index contributed by atoms with van der Waals surface area (Å²) in [5, 5.41) is 9.55. The summed E-state index contributed by atoms with van der Waals surface area (Å²) in [5.74, 6) is 0.640. The molecule has 1 fully saturated rings. The number of benzene rings is 1. The molecule has 1 saturated carbocycles. The van der Waals surface area contributed by atoms with E-state index in [-0.39, 0.29) is 17.2 Å². The zero-order chi connectivity index (χ0) is 10.5. The van der Waals surface area contributed by atoms with Gasteiger partial charge in [-0.05, 0) is 33.0 Å². The molecule has 0 spiro atoms. The molecule has 0 unspecified atom stereocenters. The van der Waals surface area contributed by atoms with Gasteiger partial charge in [-0.3, -0.25) is 0 Å². The molecule has 2 atom stereocenters. The molecule has 1 aromatic rings. The zero-order valence-electron chi connectivity index (χ0n) is 8.29. The van der Waals surface area contributed by atoms with E-state index in [2.05, 4.69) is 29.8 Å². The first-order valence-electron chi connectivity index (χ1n) is 4.69. The average molecular weight is 256 g/mol. The van der Waals surface area contributed by atoms with Crippen LogP contribution >= 0.6 is 15.9 Å². The lowest BCUT2D eigenvalue weighted by atomic mass is 10.0. The molecule has 0 aliphatic heterocycles. The molecule has 0 amide bonds. The Hall–Kier alpha value is -0.540. The van der Waals surface area contributed by atoms with Crippen LogP contribution in [0.1, 0.15) is 25.3 Å². The first kappa shape index (κ1) is 9.99. The highest BCUT2D eigenvalue weighted by atomic mass is 79.9. The molecule has 3 heteroatoms. The summed E-state index contributed by atoms with van der Waals surface area (Å²) in [6.45, 7) is 4.30. The van der Waals surface area contributed by atoms with E-state index in [0.717, 1.165) is 10.0 Å². The van der Waals surface area contributed by atoms with Gasteiger partial charge in [0, 0.05) is 12.0 Å². The Morgan fingerprint density at radius 1 is 1.43 bits per heavy atom. The van der Waals surface area contributed by atoms with Crippen molar-refractivity contribution in [3.63, 3.8) is 0 Å². The molecule has 1 aromatic carbocycles. The van der Waals surface area contributed by atoms with Gasteiger partial charge in [0.25, 0.3) is 0 Å². The van der Waals surface area contributed by atoms with Crippen LogP contribution in [0.4, 0.5) is 0 Å². The van der Waals surface area contributed by atoms with Crippen molar-refractivity contribution in [2.24, 2.45) is 11.1 Å². The molecule has 1 aliphatic carbocycles. The van der Waals surface area contributed by atoms with E-state index in [1.54, 1.807) is 6.07 Å². The smallest absolute Gasteiger partial charge is 0.130 e. The molecule has 1 aliphatic rings. The second kappa shape index (κ2) is 2.97. The van der Waals surface area contributed by atoms with Crippen molar-refractivity contribution in [1.29, 1.82) is 0 Å². The van der Waals surface area contributed by atoms with Crippen LogP contribution in [0.25, 0.3) is 0 Å². The third-order valence-corrected chi connectivity index (χ3v) is 4.12. The minimum atomic E-state index is 0.149. The minimum Gasteiger partial charge on any atom is -0.507 e. The Bertz CT molecular complexity index is 376. The number of nitrogens with two attached hydrogens (primary N) is 1. The zero-order valence-corrected chi connectivity index (χ0v) is 9.88. The van der Waals surface area contributed by atoms with Gasteiger partial charge in [0.1, 0.15) is 5.75 Å². The SMILES string of the molecule is CC1(C)[C@@H](N)[C@@H]1c1cccc(O)c1Br. The van der Waals surface area contributed by atoms with E-state index in [1.807, 2.05) is 12.1 Å². The number of hydrogen-bond acceptors (Lipinski definition) is 2. The summed E-state index contributed by atoms with van der Waals surface area (Å²) in [6, 6.07) is 5.74. The van der Waals surface area contributed by atoms with Crippen molar-refractivity contribution in [3.8, 4) is 5.75 Å². The number of aromatic hydroxyl groups is 1. The van der Waals surface area contributed by atoms with E-state index in [1.165, 1.54) is 0 Å². The summed E-state index contributed by atoms with van der Waals surface area (Å²) >= 11 is 3.39. The number of phenols is 1. The second-order valence-corrected chi connectivity index (χ2v) is 5.30. The Morgan fingerprint density at radius 3 is 2.50 bits per heavy atom. The van der Waals surface area contributed by atoms with Gasteiger partial charge < -0.3 is 10.8 Å². The van der Waals surface area contributed by atoms with Crippen molar-refractivity contribution in [3.05, 3.63) is 28.2 Å². The van der Waals surface area contributed by atoms with Crippen molar-refractivity contribution in [2.45, 2.75) is 25.8 Å². The standard InChI is InChI=1S/C11H14BrNO/c1-11(2)8(10(11)13)6-4-3-5-7(14)9(6)12/h3-5,8,10,14H,13H2,1-2H3/t8-,10-/m0/s1. The predicted molar refractivity (Wildman–Crippen MR) is 60.3 cm³/mol. The summed E-state index contributed by atoms with van der Waals surface area (Å²) in [6.07, 6.45) is 0. The van der Waals surface area contributed by atoms with Crippen LogP contribution in [-0.4, -0.2) is 11.1 Å². The Labute approximate surface area is 92.3 Å². The maximum Gasteiger partial charge on any atom is 0.130 e. The molecule has 2 rings (SSSR count). The highest BCUT2D eigenvalue weighted by molar-refractivity contribution is 9.10. The molecular weight excluding hydrogens is 242 g/mol. The molecule has 0 radical (unpaired) electrons. The maximum atomic E-state index is 9.55. The van der Waals surface area contributed by atoms with Crippen molar-refractivity contribution < 1.29 is 5.11 Å². The van der Waals surface area contributed by atoms with E-state index < -0.39 is 0 Å². The number of hydrogen-bond donors (Lipinski definition) is 2. The lowest BCUT2D eigenvalue weighted by molar-refractivity contribution is 0.470. The van der Waals surface area contributed by atoms with Gasteiger partial charge in [0.2, 0.25) is 0 Å². The van der Waals surface area contributed by atoms with Gasteiger partial charge in [0.15, 0.2) is 0 Å². The van der Waals surface area contributed by atoms with Gasteiger partial charge >= 0.3 is 0 Å². The van der Waals surface area contributed by atoms with Crippen molar-refractivity contribution >= 4 is 15.9 Å². The average Bonchev–Trinajstić information content (AvgIpc) is 2.59. The Morgan fingerprint density at radius 2 is 2.00 bits per heavy atom. The first-order valence-corrected chi connectivity index (χ1v) is 5.48. The monoisotopic (exact) mass is 255 g/mol. The van der Waals surface area contributed by atoms with Crippen LogP contribution in [0.3, 0.4) is 0 Å². The molecule has 0 heterocycles. The molecule has 14 heavy (non-hydrogen) atoms. The topological polar surface area (TPSA) is 46.2 Å². The minimum absolute atomic E-state index is 0.149. The van der Waals surface area contributed by atoms with Crippen molar-refractivity contribution in [2.75, 3.05) is 0 Å². The maximum absolute atomic E-state index is 9.55. The van der Waals surface area contributed by atoms with Crippen LogP contribution in [0.5, 0.6) is 5.75 Å². The molecule has 3 N–H and O–H groups in total. The summed E-state index contributed by atoms with van der Waals surface area (Å²) in [4.78, 5) is 0. The lowest BCUT2D eigenvalue weighted by Gasteiger charge is -2.06. The van der Waals surface area contributed by atoms with E-state index in [4.69, 9.17) is 5.73 Å². The number of halogens is 1. The van der Waals surface area contributed by atoms with E-state index in [9.17, 15) is 5.11 Å². The predicted octanol–water partition coefficient (Wildman–Crippen LogP) is 2.61. The van der Waals surface area contributed by atoms with Gasteiger partial charge in [-0.2, -0.15) is 0 Å². The van der Waals surface area contributed by atoms with Crippen molar-refractivity contribution in [1.82, 2.24) is 0 Å². The highest BCUT2D eigenvalue weighted by Crippen LogP contribution is 2.59. The van der Waals surface area contributed by atoms with Crippen LogP contribution in [0.2, 0.25) is 0 Å². The Kier molecular flexibility index (Phi) is 2.12. The van der Waals surface area contributed by atoms with Crippen LogP contribution in [0.15, 0.2) is 22.7 Å². The van der Waals surface area contributed by atoms with Gasteiger partial charge in [-0.1, -0.05) is 26.0 Å². The fraction of sp³-hybridized carbons (Fsp3) is 0.455. The van der Waals surface area contributed by atoms with Crippen LogP contribution in [0, 0.1) is 5.41 Å². The largest absolute Gasteiger partial charge is 0.507 e. The molecule has 2 nitrogen and oxygen atoms in total. The second-order valence-electron chi connectivity index (χ2n) is 4.51. The molecule has 76 valence electrons. The quantitative estimate of drug-likeness (QED) is 0.811. The first-order chi connectivity index (χ1) is 6.46. The lowest BCUT2D eigenvalue weighted by Crippen LogP contribution is -2.06. The molecular formula is C11H14BrNO. The fourth-order valence-corrected chi connectivity index (χ4v) is 2.56. The summed E-state index contributed by atoms with van der Waals surface area (Å²) in [5.41, 5.74) is 7.26. The number of phenolic OH excluding ortho intramolecular Hbond substituents is 1.